The molecule has 2 aromatic rings. The van der Waals surface area contributed by atoms with E-state index in [0.29, 0.717) is 5.69 Å². The quantitative estimate of drug-likeness (QED) is 0.107. The first-order valence-corrected chi connectivity index (χ1v) is 11.1. The second kappa shape index (κ2) is 11.2. The molecular weight excluding hydrogens is 470 g/mol. The Labute approximate surface area is 194 Å². The molecule has 2 unspecified atom stereocenters. The molecule has 0 aliphatic heterocycles. The molecule has 0 aliphatic carbocycles. The van der Waals surface area contributed by atoms with Gasteiger partial charge < -0.3 is 26.4 Å². The number of rotatable bonds is 11. The van der Waals surface area contributed by atoms with Gasteiger partial charge in [0.15, 0.2) is 12.2 Å². The maximum atomic E-state index is 12.7. The normalized spacial score (nSPS) is 12.9. The van der Waals surface area contributed by atoms with E-state index in [1.165, 1.54) is 30.3 Å². The van der Waals surface area contributed by atoms with E-state index < -0.39 is 46.8 Å². The number of guanidine groups is 1. The van der Waals surface area contributed by atoms with Crippen LogP contribution in [0.25, 0.3) is 0 Å². The first kappa shape index (κ1) is 26.2. The molecule has 0 spiro atoms. The molecule has 0 heterocycles. The number of hydrogen-bond donors (Lipinski definition) is 6. The number of ether oxygens (including phenoxy) is 1. The summed E-state index contributed by atoms with van der Waals surface area (Å²) in [6.45, 7) is 1.73. The smallest absolute Gasteiger partial charge is 0.339 e. The number of nitrogens with two attached hydrogens (primary N) is 2. The number of benzene rings is 2. The molecule has 2 atom stereocenters. The number of carboxylic acid groups (broad SMARTS) is 2. The van der Waals surface area contributed by atoms with Gasteiger partial charge in [-0.3, -0.25) is 9.59 Å². The molecule has 0 saturated carbocycles. The van der Waals surface area contributed by atoms with Crippen molar-refractivity contribution in [2.24, 2.45) is 16.5 Å². The summed E-state index contributed by atoms with van der Waals surface area (Å²) >= 11 is 0. The predicted octanol–water partition coefficient (Wildman–Crippen LogP) is 0.107. The topological polar surface area (TPSA) is 224 Å². The van der Waals surface area contributed by atoms with Crippen molar-refractivity contribution in [3.8, 4) is 0 Å². The molecule has 8 N–H and O–H groups in total. The zero-order valence-corrected chi connectivity index (χ0v) is 18.7. The number of aryl methyl sites for hydroxylation is 1. The SMILES string of the molecule is Cc1cccc(C(NS(=O)(=O)NC(CC(=O)O)C(=O)O)OC(=O)c2ccc(N=C(N)N)cc2)c1. The van der Waals surface area contributed by atoms with Crippen LogP contribution >= 0.6 is 0 Å². The first-order valence-electron chi connectivity index (χ1n) is 9.57. The lowest BCUT2D eigenvalue weighted by Gasteiger charge is -2.21. The largest absolute Gasteiger partial charge is 0.481 e. The highest BCUT2D eigenvalue weighted by atomic mass is 32.2. The summed E-state index contributed by atoms with van der Waals surface area (Å²) in [6.07, 6.45) is -2.57. The molecule has 34 heavy (non-hydrogen) atoms. The van der Waals surface area contributed by atoms with Crippen LogP contribution in [0.15, 0.2) is 53.5 Å². The number of carboxylic acids is 2. The van der Waals surface area contributed by atoms with E-state index in [4.69, 9.17) is 26.4 Å². The van der Waals surface area contributed by atoms with E-state index in [1.807, 2.05) is 4.72 Å². The molecular formula is C20H23N5O8S. The minimum absolute atomic E-state index is 0.0497. The van der Waals surface area contributed by atoms with E-state index >= 15 is 0 Å². The lowest BCUT2D eigenvalue weighted by atomic mass is 10.1. The van der Waals surface area contributed by atoms with Gasteiger partial charge in [-0.25, -0.2) is 9.79 Å². The molecule has 0 aliphatic rings. The Hall–Kier alpha value is -4.01. The maximum absolute atomic E-state index is 12.7. The summed E-state index contributed by atoms with van der Waals surface area (Å²) in [5.74, 6) is -4.32. The molecule has 2 aromatic carbocycles. The van der Waals surface area contributed by atoms with Crippen molar-refractivity contribution in [3.05, 3.63) is 65.2 Å². The van der Waals surface area contributed by atoms with Crippen LogP contribution in [0, 0.1) is 6.92 Å². The summed E-state index contributed by atoms with van der Waals surface area (Å²) < 4.78 is 34.2. The minimum Gasteiger partial charge on any atom is -0.481 e. The van der Waals surface area contributed by atoms with Gasteiger partial charge in [-0.1, -0.05) is 29.8 Å². The number of hydrogen-bond acceptors (Lipinski definition) is 7. The van der Waals surface area contributed by atoms with Crippen molar-refractivity contribution in [2.75, 3.05) is 0 Å². The zero-order chi connectivity index (χ0) is 25.5. The minimum atomic E-state index is -4.65. The molecule has 0 aromatic heterocycles. The monoisotopic (exact) mass is 493 g/mol. The van der Waals surface area contributed by atoms with Crippen molar-refractivity contribution in [3.63, 3.8) is 0 Å². The Morgan fingerprint density at radius 2 is 1.71 bits per heavy atom. The molecule has 0 amide bonds. The lowest BCUT2D eigenvalue weighted by molar-refractivity contribution is -0.145. The zero-order valence-electron chi connectivity index (χ0n) is 17.8. The third-order valence-corrected chi connectivity index (χ3v) is 5.29. The number of carbonyl (C=O) groups excluding carboxylic acids is 1. The highest BCUT2D eigenvalue weighted by molar-refractivity contribution is 7.87. The van der Waals surface area contributed by atoms with Crippen LogP contribution in [0.1, 0.15) is 34.1 Å². The summed E-state index contributed by atoms with van der Waals surface area (Å²) in [5, 5.41) is 17.9. The van der Waals surface area contributed by atoms with Gasteiger partial charge in [-0.2, -0.15) is 17.9 Å². The molecule has 182 valence electrons. The fourth-order valence-corrected chi connectivity index (χ4v) is 3.80. The number of nitrogens with zero attached hydrogens (tertiary/aromatic N) is 1. The second-order valence-corrected chi connectivity index (χ2v) is 8.49. The van der Waals surface area contributed by atoms with Gasteiger partial charge in [0.2, 0.25) is 0 Å². The van der Waals surface area contributed by atoms with E-state index in [-0.39, 0.29) is 17.1 Å². The molecule has 0 saturated heterocycles. The van der Waals surface area contributed by atoms with Gasteiger partial charge in [0.1, 0.15) is 6.04 Å². The van der Waals surface area contributed by atoms with Crippen LogP contribution in [-0.4, -0.2) is 48.5 Å². The summed E-state index contributed by atoms with van der Waals surface area (Å²) in [6, 6.07) is 10.0. The highest BCUT2D eigenvalue weighted by Crippen LogP contribution is 2.20. The van der Waals surface area contributed by atoms with E-state index in [1.54, 1.807) is 29.8 Å². The third-order valence-electron chi connectivity index (χ3n) is 4.17. The number of aliphatic carboxylic acids is 2. The van der Waals surface area contributed by atoms with E-state index in [2.05, 4.69) is 4.99 Å². The fourth-order valence-electron chi connectivity index (χ4n) is 2.71. The van der Waals surface area contributed by atoms with Crippen molar-refractivity contribution in [1.29, 1.82) is 0 Å². The van der Waals surface area contributed by atoms with Gasteiger partial charge >= 0.3 is 17.9 Å². The van der Waals surface area contributed by atoms with Gasteiger partial charge in [0, 0.05) is 5.56 Å². The number of esters is 1. The van der Waals surface area contributed by atoms with Gasteiger partial charge in [0.05, 0.1) is 17.7 Å². The van der Waals surface area contributed by atoms with E-state index in [0.717, 1.165) is 5.56 Å². The molecule has 0 fully saturated rings. The second-order valence-electron chi connectivity index (χ2n) is 7.01. The van der Waals surface area contributed by atoms with Crippen molar-refractivity contribution >= 4 is 39.8 Å². The van der Waals surface area contributed by atoms with Crippen LogP contribution in [0.2, 0.25) is 0 Å². The highest BCUT2D eigenvalue weighted by Gasteiger charge is 2.30. The third kappa shape index (κ3) is 8.16. The first-order chi connectivity index (χ1) is 15.9. The fraction of sp³-hybridized carbons (Fsp3) is 0.200. The summed E-state index contributed by atoms with van der Waals surface area (Å²) in [4.78, 5) is 38.6. The number of carbonyl (C=O) groups is 3. The summed E-state index contributed by atoms with van der Waals surface area (Å²) in [5.41, 5.74) is 12.0. The van der Waals surface area contributed by atoms with Crippen LogP contribution in [0.4, 0.5) is 5.69 Å². The van der Waals surface area contributed by atoms with E-state index in [9.17, 15) is 22.8 Å². The Morgan fingerprint density at radius 1 is 1.06 bits per heavy atom. The molecule has 2 rings (SSSR count). The number of nitrogens with one attached hydrogen (secondary N) is 2. The van der Waals surface area contributed by atoms with Crippen molar-refractivity contribution in [1.82, 2.24) is 9.44 Å². The van der Waals surface area contributed by atoms with Crippen molar-refractivity contribution < 1.29 is 37.8 Å². The van der Waals surface area contributed by atoms with Gasteiger partial charge in [-0.05, 0) is 31.2 Å². The molecule has 0 bridgehead atoms. The Morgan fingerprint density at radius 3 is 2.24 bits per heavy atom. The van der Waals surface area contributed by atoms with Crippen molar-refractivity contribution in [2.45, 2.75) is 25.6 Å². The Kier molecular flexibility index (Phi) is 8.66. The Bertz CT molecular complexity index is 1190. The van der Waals surface area contributed by atoms with Crippen LogP contribution in [0.5, 0.6) is 0 Å². The molecule has 13 nitrogen and oxygen atoms in total. The standard InChI is InChI=1S/C20H23N5O8S/c1-11-3-2-4-13(9-11)17(25-34(31,32)24-15(18(28)29)10-16(26)27)33-19(30)12-5-7-14(8-6-12)23-20(21)22/h2-9,15,17,24-25H,10H2,1H3,(H,26,27)(H,28,29)(H4,21,22,23). The average molecular weight is 493 g/mol. The molecule has 0 radical (unpaired) electrons. The summed E-state index contributed by atoms with van der Waals surface area (Å²) in [7, 11) is -4.65. The Balaban J connectivity index is 2.30. The predicted molar refractivity (Wildman–Crippen MR) is 120 cm³/mol. The maximum Gasteiger partial charge on any atom is 0.339 e. The average Bonchev–Trinajstić information content (AvgIpc) is 2.72. The number of aliphatic imine (C=N–C) groups is 1. The van der Waals surface area contributed by atoms with Gasteiger partial charge in [0.25, 0.3) is 10.2 Å². The van der Waals surface area contributed by atoms with Crippen LogP contribution < -0.4 is 20.9 Å². The molecule has 14 heteroatoms. The van der Waals surface area contributed by atoms with Crippen LogP contribution in [0.3, 0.4) is 0 Å². The van der Waals surface area contributed by atoms with Crippen LogP contribution in [-0.2, 0) is 24.5 Å². The lowest BCUT2D eigenvalue weighted by Crippen LogP contribution is -2.48. The van der Waals surface area contributed by atoms with Gasteiger partial charge in [-0.15, -0.1) is 0 Å².